The second-order valence-electron chi connectivity index (χ2n) is 9.93. The molecular formula is C26H27N3O5. The first kappa shape index (κ1) is 21.0. The number of fused-ring (bicyclic) bond motifs is 1. The van der Waals surface area contributed by atoms with Crippen LogP contribution >= 0.6 is 0 Å². The summed E-state index contributed by atoms with van der Waals surface area (Å²) in [5.74, 6) is 1.34. The van der Waals surface area contributed by atoms with Crippen LogP contribution in [0.4, 0.5) is 16.2 Å². The van der Waals surface area contributed by atoms with Gasteiger partial charge < -0.3 is 24.5 Å². The summed E-state index contributed by atoms with van der Waals surface area (Å²) < 4.78 is 16.3. The van der Waals surface area contributed by atoms with Crippen molar-refractivity contribution in [2.24, 2.45) is 17.8 Å². The second kappa shape index (κ2) is 8.34. The molecule has 0 amide bonds. The Morgan fingerprint density at radius 2 is 1.65 bits per heavy atom. The van der Waals surface area contributed by atoms with Crippen molar-refractivity contribution in [1.29, 1.82) is 0 Å². The summed E-state index contributed by atoms with van der Waals surface area (Å²) in [7, 11) is 0. The molecule has 4 aliphatic rings. The Morgan fingerprint density at radius 3 is 2.35 bits per heavy atom. The molecule has 4 bridgehead atoms. The Kier molecular flexibility index (Phi) is 5.16. The van der Waals surface area contributed by atoms with Crippen LogP contribution in [0.3, 0.4) is 0 Å². The van der Waals surface area contributed by atoms with Gasteiger partial charge in [0.2, 0.25) is 6.79 Å². The molecular weight excluding hydrogens is 434 g/mol. The minimum atomic E-state index is -0.762. The summed E-state index contributed by atoms with van der Waals surface area (Å²) in [4.78, 5) is 32.4. The van der Waals surface area contributed by atoms with E-state index in [0.717, 1.165) is 35.9 Å². The molecule has 4 fully saturated rings. The van der Waals surface area contributed by atoms with E-state index in [9.17, 15) is 9.59 Å². The molecule has 2 heterocycles. The highest BCUT2D eigenvalue weighted by Gasteiger charge is 2.53. The van der Waals surface area contributed by atoms with Gasteiger partial charge in [0.1, 0.15) is 11.3 Å². The zero-order chi connectivity index (χ0) is 23.1. The molecule has 4 saturated carbocycles. The van der Waals surface area contributed by atoms with Gasteiger partial charge in [0.25, 0.3) is 0 Å². The van der Waals surface area contributed by atoms with Gasteiger partial charge in [-0.15, -0.1) is 0 Å². The maximum atomic E-state index is 12.9. The van der Waals surface area contributed by atoms with Crippen molar-refractivity contribution >= 4 is 34.4 Å². The SMILES string of the molecule is O=C(OCOC(=O)c1[nH]c2ccccc2c1Nc1ccncc1)OC12CC3CC(CC(C3)C1)C2. The quantitative estimate of drug-likeness (QED) is 0.367. The number of nitrogens with zero attached hydrogens (tertiary/aromatic N) is 1. The first-order chi connectivity index (χ1) is 16.6. The number of aromatic nitrogens is 2. The lowest BCUT2D eigenvalue weighted by Gasteiger charge is -2.55. The summed E-state index contributed by atoms with van der Waals surface area (Å²) in [5, 5.41) is 4.10. The van der Waals surface area contributed by atoms with Gasteiger partial charge in [0.15, 0.2) is 0 Å². The first-order valence-electron chi connectivity index (χ1n) is 11.9. The van der Waals surface area contributed by atoms with Crippen molar-refractivity contribution in [3.8, 4) is 0 Å². The van der Waals surface area contributed by atoms with Gasteiger partial charge in [-0.3, -0.25) is 4.98 Å². The van der Waals surface area contributed by atoms with Crippen LogP contribution in [-0.4, -0.2) is 34.5 Å². The van der Waals surface area contributed by atoms with Crippen LogP contribution in [0.1, 0.15) is 49.0 Å². The lowest BCUT2D eigenvalue weighted by atomic mass is 9.54. The van der Waals surface area contributed by atoms with E-state index in [1.165, 1.54) is 19.3 Å². The molecule has 0 aliphatic heterocycles. The zero-order valence-corrected chi connectivity index (χ0v) is 18.8. The highest BCUT2D eigenvalue weighted by atomic mass is 16.8. The summed E-state index contributed by atoms with van der Waals surface area (Å²) in [6.45, 7) is -0.506. The third kappa shape index (κ3) is 3.97. The number of hydrogen-bond acceptors (Lipinski definition) is 7. The van der Waals surface area contributed by atoms with Crippen LogP contribution < -0.4 is 5.32 Å². The fourth-order valence-corrected chi connectivity index (χ4v) is 6.57. The molecule has 3 aromatic rings. The Labute approximate surface area is 197 Å². The molecule has 7 rings (SSSR count). The van der Waals surface area contributed by atoms with E-state index in [2.05, 4.69) is 15.3 Å². The van der Waals surface area contributed by atoms with Gasteiger partial charge >= 0.3 is 12.1 Å². The molecule has 0 atom stereocenters. The fraction of sp³-hybridized carbons (Fsp3) is 0.423. The van der Waals surface area contributed by atoms with Crippen LogP contribution in [0.2, 0.25) is 0 Å². The van der Waals surface area contributed by atoms with Crippen molar-refractivity contribution in [1.82, 2.24) is 9.97 Å². The summed E-state index contributed by atoms with van der Waals surface area (Å²) in [6.07, 6.45) is 9.12. The van der Waals surface area contributed by atoms with E-state index in [-0.39, 0.29) is 5.69 Å². The number of H-pyrrole nitrogens is 1. The molecule has 1 aromatic carbocycles. The summed E-state index contributed by atoms with van der Waals surface area (Å²) in [6, 6.07) is 11.2. The molecule has 2 N–H and O–H groups in total. The van der Waals surface area contributed by atoms with Gasteiger partial charge in [-0.2, -0.15) is 0 Å². The highest BCUT2D eigenvalue weighted by Crippen LogP contribution is 2.57. The molecule has 34 heavy (non-hydrogen) atoms. The average molecular weight is 462 g/mol. The van der Waals surface area contributed by atoms with E-state index in [1.807, 2.05) is 24.3 Å². The minimum Gasteiger partial charge on any atom is -0.428 e. The highest BCUT2D eigenvalue weighted by molar-refractivity contribution is 6.07. The Balaban J connectivity index is 1.10. The molecule has 8 nitrogen and oxygen atoms in total. The van der Waals surface area contributed by atoms with Gasteiger partial charge in [-0.05, 0) is 74.5 Å². The van der Waals surface area contributed by atoms with Gasteiger partial charge in [0.05, 0.1) is 5.69 Å². The predicted octanol–water partition coefficient (Wildman–Crippen LogP) is 5.54. The number of rotatable bonds is 6. The predicted molar refractivity (Wildman–Crippen MR) is 125 cm³/mol. The molecule has 4 aliphatic carbocycles. The zero-order valence-electron chi connectivity index (χ0n) is 18.8. The van der Waals surface area contributed by atoms with E-state index >= 15 is 0 Å². The minimum absolute atomic E-state index is 0.246. The maximum Gasteiger partial charge on any atom is 0.511 e. The number of aromatic amines is 1. The third-order valence-electron chi connectivity index (χ3n) is 7.51. The number of esters is 1. The summed E-state index contributed by atoms with van der Waals surface area (Å²) >= 11 is 0. The normalized spacial score (nSPS) is 26.9. The Hall–Kier alpha value is -3.55. The standard InChI is InChI=1S/C26H27N3O5/c30-24(23-22(28-19-5-7-27-8-6-19)20-3-1-2-4-21(20)29-23)32-15-33-25(31)34-26-12-16-9-17(13-26)11-18(10-16)14-26/h1-8,16-18,29H,9-15H2,(H,27,28). The fourth-order valence-electron chi connectivity index (χ4n) is 6.57. The topological polar surface area (TPSA) is 103 Å². The molecule has 0 saturated heterocycles. The van der Waals surface area contributed by atoms with Crippen molar-refractivity contribution in [2.45, 2.75) is 44.1 Å². The van der Waals surface area contributed by atoms with Crippen molar-refractivity contribution in [2.75, 3.05) is 12.1 Å². The largest absolute Gasteiger partial charge is 0.511 e. The van der Waals surface area contributed by atoms with Crippen LogP contribution in [-0.2, 0) is 14.2 Å². The smallest absolute Gasteiger partial charge is 0.428 e. The molecule has 0 unspecified atom stereocenters. The van der Waals surface area contributed by atoms with Crippen molar-refractivity contribution in [3.05, 3.63) is 54.5 Å². The number of ether oxygens (including phenoxy) is 3. The van der Waals surface area contributed by atoms with E-state index < -0.39 is 24.5 Å². The molecule has 0 radical (unpaired) electrons. The van der Waals surface area contributed by atoms with Gasteiger partial charge in [0, 0.05) is 29.0 Å². The van der Waals surface area contributed by atoms with Gasteiger partial charge in [-0.1, -0.05) is 18.2 Å². The van der Waals surface area contributed by atoms with E-state index in [0.29, 0.717) is 23.4 Å². The number of benzene rings is 1. The first-order valence-corrected chi connectivity index (χ1v) is 11.9. The number of nitrogens with one attached hydrogen (secondary N) is 2. The lowest BCUT2D eigenvalue weighted by Crippen LogP contribution is -2.52. The van der Waals surface area contributed by atoms with Crippen LogP contribution in [0, 0.1) is 17.8 Å². The number of carbonyl (C=O) groups is 2. The van der Waals surface area contributed by atoms with Crippen LogP contribution in [0.5, 0.6) is 0 Å². The maximum absolute atomic E-state index is 12.9. The number of carbonyl (C=O) groups excluding carboxylic acids is 2. The van der Waals surface area contributed by atoms with Gasteiger partial charge in [-0.25, -0.2) is 9.59 Å². The van der Waals surface area contributed by atoms with E-state index in [4.69, 9.17) is 14.2 Å². The number of hydrogen-bond donors (Lipinski definition) is 2. The van der Waals surface area contributed by atoms with Crippen molar-refractivity contribution in [3.63, 3.8) is 0 Å². The summed E-state index contributed by atoms with van der Waals surface area (Å²) in [5.41, 5.74) is 2.01. The Bertz CT molecular complexity index is 1190. The lowest BCUT2D eigenvalue weighted by molar-refractivity contribution is -0.148. The second-order valence-corrected chi connectivity index (χ2v) is 9.93. The van der Waals surface area contributed by atoms with Crippen molar-refractivity contribution < 1.29 is 23.8 Å². The number of anilines is 2. The molecule has 176 valence electrons. The number of pyridine rings is 1. The molecule has 8 heteroatoms. The molecule has 2 aromatic heterocycles. The molecule has 0 spiro atoms. The number of para-hydroxylation sites is 1. The monoisotopic (exact) mass is 461 g/mol. The Morgan fingerprint density at radius 1 is 0.971 bits per heavy atom. The third-order valence-corrected chi connectivity index (χ3v) is 7.51. The van der Waals surface area contributed by atoms with Crippen LogP contribution in [0.25, 0.3) is 10.9 Å². The van der Waals surface area contributed by atoms with E-state index in [1.54, 1.807) is 24.5 Å². The average Bonchev–Trinajstić information content (AvgIpc) is 3.17. The van der Waals surface area contributed by atoms with Crippen LogP contribution in [0.15, 0.2) is 48.8 Å².